The van der Waals surface area contributed by atoms with Crippen molar-refractivity contribution in [1.82, 2.24) is 10.2 Å². The third-order valence-electron chi connectivity index (χ3n) is 2.98. The predicted molar refractivity (Wildman–Crippen MR) is 65.6 cm³/mol. The molecular formula is C12H26N2O2. The summed E-state index contributed by atoms with van der Waals surface area (Å²) in [7, 11) is 0. The van der Waals surface area contributed by atoms with Crippen molar-refractivity contribution in [3.8, 4) is 0 Å². The van der Waals surface area contributed by atoms with Crippen LogP contribution in [0, 0.1) is 0 Å². The molecule has 0 spiro atoms. The Labute approximate surface area is 99.0 Å². The molecular weight excluding hydrogens is 204 g/mol. The topological polar surface area (TPSA) is 44.7 Å². The standard InChI is InChI=1S/C12H26N2O2/c1-3-13-11-6-5-7-14(8-11)9-12(15)10-16-4-2/h11-13,15H,3-10H2,1-2H3. The van der Waals surface area contributed by atoms with Crippen molar-refractivity contribution in [3.63, 3.8) is 0 Å². The van der Waals surface area contributed by atoms with Gasteiger partial charge in [0.25, 0.3) is 0 Å². The number of likely N-dealkylation sites (N-methyl/N-ethyl adjacent to an activating group) is 1. The van der Waals surface area contributed by atoms with Gasteiger partial charge < -0.3 is 15.2 Å². The van der Waals surface area contributed by atoms with Crippen LogP contribution in [-0.2, 0) is 4.74 Å². The van der Waals surface area contributed by atoms with Gasteiger partial charge in [0, 0.05) is 25.7 Å². The maximum Gasteiger partial charge on any atom is 0.0900 e. The number of hydrogen-bond donors (Lipinski definition) is 2. The van der Waals surface area contributed by atoms with E-state index in [1.807, 2.05) is 6.92 Å². The Morgan fingerprint density at radius 3 is 3.00 bits per heavy atom. The molecule has 16 heavy (non-hydrogen) atoms. The fraction of sp³-hybridized carbons (Fsp3) is 1.00. The fourth-order valence-electron chi connectivity index (χ4n) is 2.28. The van der Waals surface area contributed by atoms with E-state index in [0.717, 1.165) is 26.2 Å². The molecule has 4 nitrogen and oxygen atoms in total. The van der Waals surface area contributed by atoms with Crippen LogP contribution in [0.1, 0.15) is 26.7 Å². The molecule has 0 aromatic rings. The van der Waals surface area contributed by atoms with Crippen molar-refractivity contribution in [2.75, 3.05) is 39.4 Å². The van der Waals surface area contributed by atoms with Crippen LogP contribution in [0.15, 0.2) is 0 Å². The van der Waals surface area contributed by atoms with E-state index in [1.165, 1.54) is 12.8 Å². The predicted octanol–water partition coefficient (Wildman–Crippen LogP) is 0.458. The summed E-state index contributed by atoms with van der Waals surface area (Å²) in [4.78, 5) is 2.33. The summed E-state index contributed by atoms with van der Waals surface area (Å²) in [5.41, 5.74) is 0. The third-order valence-corrected chi connectivity index (χ3v) is 2.98. The van der Waals surface area contributed by atoms with Gasteiger partial charge in [0.15, 0.2) is 0 Å². The molecule has 2 unspecified atom stereocenters. The van der Waals surface area contributed by atoms with E-state index in [4.69, 9.17) is 4.74 Å². The van der Waals surface area contributed by atoms with Gasteiger partial charge in [0.05, 0.1) is 12.7 Å². The summed E-state index contributed by atoms with van der Waals surface area (Å²) in [6, 6.07) is 0.595. The van der Waals surface area contributed by atoms with Crippen LogP contribution < -0.4 is 5.32 Å². The molecule has 96 valence electrons. The van der Waals surface area contributed by atoms with E-state index in [2.05, 4.69) is 17.1 Å². The SMILES string of the molecule is CCNC1CCCN(CC(O)COCC)C1. The van der Waals surface area contributed by atoms with E-state index >= 15 is 0 Å². The molecule has 0 bridgehead atoms. The summed E-state index contributed by atoms with van der Waals surface area (Å²) >= 11 is 0. The summed E-state index contributed by atoms with van der Waals surface area (Å²) in [5, 5.41) is 13.2. The second-order valence-corrected chi connectivity index (χ2v) is 4.47. The number of β-amino-alcohol motifs (C(OH)–C–C–N with tert-alkyl or cyclic N) is 1. The lowest BCUT2D eigenvalue weighted by Crippen LogP contribution is -2.48. The molecule has 2 atom stereocenters. The van der Waals surface area contributed by atoms with Gasteiger partial charge in [-0.3, -0.25) is 4.90 Å². The van der Waals surface area contributed by atoms with E-state index < -0.39 is 0 Å². The summed E-state index contributed by atoms with van der Waals surface area (Å²) < 4.78 is 5.22. The highest BCUT2D eigenvalue weighted by atomic mass is 16.5. The summed E-state index contributed by atoms with van der Waals surface area (Å²) in [6.45, 7) is 9.15. The maximum absolute atomic E-state index is 9.76. The Morgan fingerprint density at radius 2 is 2.31 bits per heavy atom. The second kappa shape index (κ2) is 8.01. The number of hydrogen-bond acceptors (Lipinski definition) is 4. The Morgan fingerprint density at radius 1 is 1.50 bits per heavy atom. The van der Waals surface area contributed by atoms with Crippen molar-refractivity contribution in [2.24, 2.45) is 0 Å². The van der Waals surface area contributed by atoms with Gasteiger partial charge in [-0.15, -0.1) is 0 Å². The first-order chi connectivity index (χ1) is 7.76. The molecule has 0 radical (unpaired) electrons. The average Bonchev–Trinajstić information content (AvgIpc) is 2.27. The van der Waals surface area contributed by atoms with Crippen molar-refractivity contribution >= 4 is 0 Å². The lowest BCUT2D eigenvalue weighted by Gasteiger charge is -2.34. The first-order valence-corrected chi connectivity index (χ1v) is 6.47. The molecule has 4 heteroatoms. The summed E-state index contributed by atoms with van der Waals surface area (Å²) in [6.07, 6.45) is 2.13. The number of likely N-dealkylation sites (tertiary alicyclic amines) is 1. The van der Waals surface area contributed by atoms with E-state index in [1.54, 1.807) is 0 Å². The van der Waals surface area contributed by atoms with Crippen molar-refractivity contribution in [1.29, 1.82) is 0 Å². The Kier molecular flexibility index (Phi) is 6.96. The minimum Gasteiger partial charge on any atom is -0.389 e. The monoisotopic (exact) mass is 230 g/mol. The first kappa shape index (κ1) is 13.9. The molecule has 1 fully saturated rings. The van der Waals surface area contributed by atoms with E-state index in [-0.39, 0.29) is 6.10 Å². The van der Waals surface area contributed by atoms with E-state index in [9.17, 15) is 5.11 Å². The number of nitrogens with one attached hydrogen (secondary N) is 1. The highest BCUT2D eigenvalue weighted by Gasteiger charge is 2.20. The number of aliphatic hydroxyl groups excluding tert-OH is 1. The van der Waals surface area contributed by atoms with Crippen LogP contribution in [0.4, 0.5) is 0 Å². The van der Waals surface area contributed by atoms with Crippen LogP contribution in [0.2, 0.25) is 0 Å². The smallest absolute Gasteiger partial charge is 0.0900 e. The highest BCUT2D eigenvalue weighted by Crippen LogP contribution is 2.10. The molecule has 0 amide bonds. The van der Waals surface area contributed by atoms with Gasteiger partial charge in [-0.05, 0) is 32.9 Å². The minimum atomic E-state index is -0.347. The second-order valence-electron chi connectivity index (χ2n) is 4.47. The number of ether oxygens (including phenoxy) is 1. The van der Waals surface area contributed by atoms with Crippen LogP contribution in [0.5, 0.6) is 0 Å². The highest BCUT2D eigenvalue weighted by molar-refractivity contribution is 4.79. The molecule has 1 aliphatic rings. The van der Waals surface area contributed by atoms with Gasteiger partial charge in [-0.25, -0.2) is 0 Å². The van der Waals surface area contributed by atoms with Crippen LogP contribution in [-0.4, -0.2) is 61.5 Å². The molecule has 0 aliphatic carbocycles. The van der Waals surface area contributed by atoms with Gasteiger partial charge in [-0.1, -0.05) is 6.92 Å². The molecule has 1 saturated heterocycles. The van der Waals surface area contributed by atoms with Gasteiger partial charge in [-0.2, -0.15) is 0 Å². The zero-order valence-corrected chi connectivity index (χ0v) is 10.6. The number of nitrogens with zero attached hydrogens (tertiary/aromatic N) is 1. The lowest BCUT2D eigenvalue weighted by molar-refractivity contribution is 0.0152. The number of rotatable bonds is 7. The number of piperidine rings is 1. The zero-order valence-electron chi connectivity index (χ0n) is 10.6. The van der Waals surface area contributed by atoms with Crippen LogP contribution in [0.25, 0.3) is 0 Å². The van der Waals surface area contributed by atoms with Gasteiger partial charge >= 0.3 is 0 Å². The van der Waals surface area contributed by atoms with Crippen LogP contribution in [0.3, 0.4) is 0 Å². The van der Waals surface area contributed by atoms with Crippen molar-refractivity contribution < 1.29 is 9.84 Å². The van der Waals surface area contributed by atoms with Crippen molar-refractivity contribution in [2.45, 2.75) is 38.8 Å². The zero-order chi connectivity index (χ0) is 11.8. The van der Waals surface area contributed by atoms with E-state index in [0.29, 0.717) is 19.3 Å². The lowest BCUT2D eigenvalue weighted by atomic mass is 10.1. The fourth-order valence-corrected chi connectivity index (χ4v) is 2.28. The molecule has 1 aliphatic heterocycles. The largest absolute Gasteiger partial charge is 0.389 e. The Balaban J connectivity index is 2.20. The molecule has 1 rings (SSSR count). The third kappa shape index (κ3) is 5.25. The van der Waals surface area contributed by atoms with Crippen molar-refractivity contribution in [3.05, 3.63) is 0 Å². The van der Waals surface area contributed by atoms with Gasteiger partial charge in [0.2, 0.25) is 0 Å². The maximum atomic E-state index is 9.76. The summed E-state index contributed by atoms with van der Waals surface area (Å²) in [5.74, 6) is 0. The minimum absolute atomic E-state index is 0.347. The number of aliphatic hydroxyl groups is 1. The molecule has 2 N–H and O–H groups in total. The first-order valence-electron chi connectivity index (χ1n) is 6.47. The Hall–Kier alpha value is -0.160. The normalized spacial score (nSPS) is 24.6. The molecule has 1 heterocycles. The quantitative estimate of drug-likeness (QED) is 0.667. The average molecular weight is 230 g/mol. The molecule has 0 saturated carbocycles. The van der Waals surface area contributed by atoms with Gasteiger partial charge in [0.1, 0.15) is 0 Å². The van der Waals surface area contributed by atoms with Crippen LogP contribution >= 0.6 is 0 Å². The Bertz CT molecular complexity index is 176. The molecule has 0 aromatic heterocycles. The molecule has 0 aromatic carbocycles.